The van der Waals surface area contributed by atoms with E-state index >= 15 is 0 Å². The van der Waals surface area contributed by atoms with Gasteiger partial charge in [0, 0.05) is 6.04 Å². The van der Waals surface area contributed by atoms with Crippen molar-refractivity contribution in [2.75, 3.05) is 16.8 Å². The lowest BCUT2D eigenvalue weighted by Gasteiger charge is -2.17. The Morgan fingerprint density at radius 1 is 1.16 bits per heavy atom. The third kappa shape index (κ3) is 6.55. The van der Waals surface area contributed by atoms with Crippen molar-refractivity contribution in [1.82, 2.24) is 35.3 Å². The van der Waals surface area contributed by atoms with Crippen LogP contribution in [0.1, 0.15) is 49.9 Å². The van der Waals surface area contributed by atoms with E-state index < -0.39 is 39.7 Å². The number of nitrogens with one attached hydrogen (secondary N) is 2. The highest BCUT2D eigenvalue weighted by Gasteiger charge is 2.37. The summed E-state index contributed by atoms with van der Waals surface area (Å²) in [5, 5.41) is 29.1. The predicted molar refractivity (Wildman–Crippen MR) is 149 cm³/mol. The molecule has 2 N–H and O–H groups in total. The first-order chi connectivity index (χ1) is 20.7. The number of hydrogen-bond donors (Lipinski definition) is 2. The third-order valence-electron chi connectivity index (χ3n) is 6.60. The molecule has 5 rings (SSSR count). The molecule has 0 bridgehead atoms. The van der Waals surface area contributed by atoms with Crippen LogP contribution in [-0.4, -0.2) is 67.8 Å². The van der Waals surface area contributed by atoms with Gasteiger partial charge in [0.25, 0.3) is 17.6 Å². The van der Waals surface area contributed by atoms with Gasteiger partial charge in [0.15, 0.2) is 9.84 Å². The first-order valence-electron chi connectivity index (χ1n) is 12.8. The highest BCUT2D eigenvalue weighted by Crippen LogP contribution is 2.28. The number of sulfone groups is 1. The molecule has 0 aliphatic carbocycles. The van der Waals surface area contributed by atoms with Gasteiger partial charge in [-0.2, -0.15) is 28.3 Å². The van der Waals surface area contributed by atoms with E-state index in [0.29, 0.717) is 10.4 Å². The van der Waals surface area contributed by atoms with Gasteiger partial charge in [-0.15, -0.1) is 10.2 Å². The van der Waals surface area contributed by atoms with E-state index in [2.05, 4.69) is 31.1 Å². The second kappa shape index (κ2) is 11.7. The molecule has 1 unspecified atom stereocenters. The van der Waals surface area contributed by atoms with Gasteiger partial charge < -0.3 is 10.6 Å². The summed E-state index contributed by atoms with van der Waals surface area (Å²) in [6.07, 6.45) is -4.59. The number of aryl methyl sites for hydroxylation is 1. The Hall–Kier alpha value is -4.82. The molecule has 3 heterocycles. The molecule has 2 aromatic carbocycles. The van der Waals surface area contributed by atoms with Crippen LogP contribution in [0.4, 0.5) is 18.9 Å². The number of amides is 2. The smallest absolute Gasteiger partial charge is 0.348 e. The Morgan fingerprint density at radius 3 is 2.55 bits per heavy atom. The molecule has 1 fully saturated rings. The minimum absolute atomic E-state index is 0.0496. The molecule has 2 aromatic heterocycles. The largest absolute Gasteiger partial charge is 0.455 e. The fourth-order valence-corrected chi connectivity index (χ4v) is 6.48. The van der Waals surface area contributed by atoms with E-state index in [4.69, 9.17) is 11.6 Å². The van der Waals surface area contributed by atoms with Gasteiger partial charge in [-0.3, -0.25) is 9.59 Å². The lowest BCUT2D eigenvalue weighted by atomic mass is 10.0. The number of hydrogen-bond acceptors (Lipinski definition) is 9. The third-order valence-corrected chi connectivity index (χ3v) is 8.69. The van der Waals surface area contributed by atoms with Crippen LogP contribution < -0.4 is 10.6 Å². The Morgan fingerprint density at radius 2 is 1.91 bits per heavy atom. The minimum Gasteiger partial charge on any atom is -0.348 e. The van der Waals surface area contributed by atoms with Crippen LogP contribution in [0.2, 0.25) is 5.02 Å². The topological polar surface area (TPSA) is 178 Å². The van der Waals surface area contributed by atoms with Crippen molar-refractivity contribution in [1.29, 1.82) is 5.26 Å². The van der Waals surface area contributed by atoms with E-state index in [1.54, 1.807) is 31.2 Å². The SMILES string of the molecule is Cc1cc(C#N)cc(C(=O)NC2CCS(=O)(=O)C2)c1NC(=O)c1cc(Cn2nnc(C(F)(F)F)n2)nn1-c1ccccc1Cl. The van der Waals surface area contributed by atoms with Gasteiger partial charge in [-0.05, 0) is 54.5 Å². The number of nitrogens with zero attached hydrogens (tertiary/aromatic N) is 7. The molecule has 18 heteroatoms. The van der Waals surface area contributed by atoms with E-state index in [0.717, 1.165) is 0 Å². The van der Waals surface area contributed by atoms with E-state index in [1.807, 2.05) is 6.07 Å². The van der Waals surface area contributed by atoms with Crippen LogP contribution >= 0.6 is 11.6 Å². The molecule has 13 nitrogen and oxygen atoms in total. The van der Waals surface area contributed by atoms with Crippen molar-refractivity contribution in [3.8, 4) is 11.8 Å². The van der Waals surface area contributed by atoms with Crippen LogP contribution in [0.15, 0.2) is 42.5 Å². The number of tetrazole rings is 1. The average molecular weight is 648 g/mol. The fourth-order valence-electron chi connectivity index (χ4n) is 4.59. The Labute approximate surface area is 252 Å². The lowest BCUT2D eigenvalue weighted by Crippen LogP contribution is -2.36. The van der Waals surface area contributed by atoms with Crippen molar-refractivity contribution in [3.05, 3.63) is 81.4 Å². The number of para-hydroxylation sites is 1. The maximum Gasteiger partial charge on any atom is 0.455 e. The average Bonchev–Trinajstić information content (AvgIpc) is 3.68. The van der Waals surface area contributed by atoms with Crippen molar-refractivity contribution >= 4 is 38.9 Å². The zero-order chi connectivity index (χ0) is 31.8. The molecule has 0 saturated carbocycles. The summed E-state index contributed by atoms with van der Waals surface area (Å²) in [6.45, 7) is 1.19. The predicted octanol–water partition coefficient (Wildman–Crippen LogP) is 2.93. The van der Waals surface area contributed by atoms with Gasteiger partial charge in [0.05, 0.1) is 50.8 Å². The Bertz CT molecular complexity index is 1930. The van der Waals surface area contributed by atoms with Crippen LogP contribution in [-0.2, 0) is 22.6 Å². The Balaban J connectivity index is 1.50. The van der Waals surface area contributed by atoms with E-state index in [9.17, 15) is 36.4 Å². The lowest BCUT2D eigenvalue weighted by molar-refractivity contribution is -0.145. The molecule has 228 valence electrons. The molecule has 44 heavy (non-hydrogen) atoms. The van der Waals surface area contributed by atoms with Crippen LogP contribution in [0.3, 0.4) is 0 Å². The molecule has 4 aromatic rings. The zero-order valence-electron chi connectivity index (χ0n) is 22.6. The molecule has 0 radical (unpaired) electrons. The van der Waals surface area contributed by atoms with Gasteiger partial charge in [0.1, 0.15) is 12.2 Å². The number of rotatable bonds is 7. The van der Waals surface area contributed by atoms with Crippen molar-refractivity contribution in [2.45, 2.75) is 32.1 Å². The van der Waals surface area contributed by atoms with Crippen molar-refractivity contribution in [3.63, 3.8) is 0 Å². The van der Waals surface area contributed by atoms with Gasteiger partial charge >= 0.3 is 6.18 Å². The summed E-state index contributed by atoms with van der Waals surface area (Å²) in [4.78, 5) is 27.7. The molecule has 1 saturated heterocycles. The maximum absolute atomic E-state index is 13.7. The maximum atomic E-state index is 13.7. The number of alkyl halides is 3. The quantitative estimate of drug-likeness (QED) is 0.305. The van der Waals surface area contributed by atoms with Crippen molar-refractivity contribution < 1.29 is 31.2 Å². The van der Waals surface area contributed by atoms with Gasteiger partial charge in [-0.1, -0.05) is 23.7 Å². The summed E-state index contributed by atoms with van der Waals surface area (Å²) in [6, 6.07) is 11.7. The van der Waals surface area contributed by atoms with Crippen LogP contribution in [0.25, 0.3) is 5.69 Å². The first-order valence-corrected chi connectivity index (χ1v) is 15.0. The van der Waals surface area contributed by atoms with E-state index in [-0.39, 0.29) is 63.4 Å². The normalized spacial score (nSPS) is 16.0. The fraction of sp³-hybridized carbons (Fsp3) is 0.269. The zero-order valence-corrected chi connectivity index (χ0v) is 24.2. The van der Waals surface area contributed by atoms with Crippen LogP contribution in [0.5, 0.6) is 0 Å². The van der Waals surface area contributed by atoms with Gasteiger partial charge in [0.2, 0.25) is 0 Å². The number of nitriles is 1. The summed E-state index contributed by atoms with van der Waals surface area (Å²) in [5.74, 6) is -3.23. The standard InChI is InChI=1S/C26H21ClF3N9O4S/c1-14-8-15(11-31)9-18(23(40)32-16-6-7-44(42,43)13-16)22(14)33-24(41)21-10-17(12-38-36-25(34-37-38)26(28,29)30)35-39(21)20-5-3-2-4-19(20)27/h2-5,8-10,16H,6-7,12-13H2,1H3,(H,32,40)(H,33,41). The van der Waals surface area contributed by atoms with Crippen molar-refractivity contribution in [2.24, 2.45) is 0 Å². The minimum atomic E-state index is -4.81. The summed E-state index contributed by atoms with van der Waals surface area (Å²) in [5.41, 5.74) is 0.705. The molecule has 1 aliphatic rings. The van der Waals surface area contributed by atoms with Gasteiger partial charge in [-0.25, -0.2) is 13.1 Å². The summed E-state index contributed by atoms with van der Waals surface area (Å²) < 4.78 is 63.8. The second-order valence-corrected chi connectivity index (χ2v) is 12.5. The molecule has 1 atom stereocenters. The Kier molecular flexibility index (Phi) is 8.14. The highest BCUT2D eigenvalue weighted by atomic mass is 35.5. The highest BCUT2D eigenvalue weighted by molar-refractivity contribution is 7.91. The summed E-state index contributed by atoms with van der Waals surface area (Å²) in [7, 11) is -3.30. The number of carbonyl (C=O) groups excluding carboxylic acids is 2. The van der Waals surface area contributed by atoms with E-state index in [1.165, 1.54) is 22.9 Å². The first kappa shape index (κ1) is 30.6. The molecule has 1 aliphatic heterocycles. The number of benzene rings is 2. The molecular weight excluding hydrogens is 627 g/mol. The number of aromatic nitrogens is 6. The molecule has 0 spiro atoms. The number of halogens is 4. The summed E-state index contributed by atoms with van der Waals surface area (Å²) >= 11 is 6.36. The van der Waals surface area contributed by atoms with Crippen LogP contribution in [0, 0.1) is 18.3 Å². The molecule has 2 amide bonds. The monoisotopic (exact) mass is 647 g/mol. The number of carbonyl (C=O) groups is 2. The molecular formula is C26H21ClF3N9O4S. The number of anilines is 1. The second-order valence-electron chi connectivity index (χ2n) is 9.88.